The number of hydrogen-bond acceptors (Lipinski definition) is 6. The van der Waals surface area contributed by atoms with Crippen LogP contribution >= 0.6 is 0 Å². The molecule has 0 saturated heterocycles. The van der Waals surface area contributed by atoms with Crippen molar-refractivity contribution in [3.05, 3.63) is 94.8 Å². The maximum Gasteiger partial charge on any atom is 0.256 e. The molecule has 0 spiro atoms. The summed E-state index contributed by atoms with van der Waals surface area (Å²) in [5.74, 6) is -0.866. The van der Waals surface area contributed by atoms with Crippen LogP contribution in [0.4, 0.5) is 0 Å². The van der Waals surface area contributed by atoms with Crippen molar-refractivity contribution < 1.29 is 9.59 Å². The van der Waals surface area contributed by atoms with Crippen molar-refractivity contribution in [1.82, 2.24) is 21.3 Å². The largest absolute Gasteiger partial charge is 0.328 e. The molecule has 8 heteroatoms. The highest BCUT2D eigenvalue weighted by Crippen LogP contribution is 2.11. The zero-order valence-corrected chi connectivity index (χ0v) is 14.5. The van der Waals surface area contributed by atoms with Crippen molar-refractivity contribution in [1.29, 1.82) is 10.5 Å². The zero-order valence-electron chi connectivity index (χ0n) is 14.5. The van der Waals surface area contributed by atoms with Gasteiger partial charge in [-0.2, -0.15) is 10.5 Å². The van der Waals surface area contributed by atoms with Crippen LogP contribution in [0.15, 0.2) is 83.7 Å². The number of carbonyl (C=O) groups excluding carboxylic acids is 2. The third-order valence-corrected chi connectivity index (χ3v) is 3.77. The molecule has 0 saturated carbocycles. The molecule has 0 fully saturated rings. The van der Waals surface area contributed by atoms with E-state index in [1.54, 1.807) is 60.7 Å². The summed E-state index contributed by atoms with van der Waals surface area (Å²) < 4.78 is 0. The van der Waals surface area contributed by atoms with Gasteiger partial charge in [-0.15, -0.1) is 0 Å². The predicted octanol–water partition coefficient (Wildman–Crippen LogP) is 1.42. The number of nitriles is 2. The first-order chi connectivity index (χ1) is 13.6. The molecular formula is C20H14N6O2. The monoisotopic (exact) mass is 370 g/mol. The fourth-order valence-electron chi connectivity index (χ4n) is 2.41. The van der Waals surface area contributed by atoms with E-state index in [1.165, 1.54) is 0 Å². The van der Waals surface area contributed by atoms with Gasteiger partial charge in [-0.1, -0.05) is 36.4 Å². The van der Waals surface area contributed by atoms with Crippen LogP contribution in [0.1, 0.15) is 20.7 Å². The lowest BCUT2D eigenvalue weighted by atomic mass is 10.2. The van der Waals surface area contributed by atoms with Crippen molar-refractivity contribution >= 4 is 11.8 Å². The van der Waals surface area contributed by atoms with E-state index in [-0.39, 0.29) is 23.0 Å². The molecule has 28 heavy (non-hydrogen) atoms. The van der Waals surface area contributed by atoms with Gasteiger partial charge >= 0.3 is 0 Å². The number of carbonyl (C=O) groups is 2. The molecule has 2 aromatic rings. The fraction of sp³-hybridized carbons (Fsp3) is 0. The Hall–Kier alpha value is -4.56. The minimum Gasteiger partial charge on any atom is -0.328 e. The molecule has 0 atom stereocenters. The Morgan fingerprint density at radius 1 is 0.679 bits per heavy atom. The number of rotatable bonds is 4. The smallest absolute Gasteiger partial charge is 0.256 e. The zero-order chi connectivity index (χ0) is 19.9. The lowest BCUT2D eigenvalue weighted by Crippen LogP contribution is -2.43. The number of allylic oxidation sites excluding steroid dienone is 2. The molecule has 0 unspecified atom stereocenters. The quantitative estimate of drug-likeness (QED) is 0.644. The summed E-state index contributed by atoms with van der Waals surface area (Å²) in [6, 6.07) is 20.6. The summed E-state index contributed by atoms with van der Waals surface area (Å²) in [5.41, 5.74) is 0.679. The predicted molar refractivity (Wildman–Crippen MR) is 99.4 cm³/mol. The molecule has 2 aromatic carbocycles. The number of nitrogens with zero attached hydrogens (tertiary/aromatic N) is 2. The van der Waals surface area contributed by atoms with Gasteiger partial charge in [0.15, 0.2) is 11.4 Å². The molecule has 0 bridgehead atoms. The molecule has 0 aliphatic carbocycles. The van der Waals surface area contributed by atoms with Gasteiger partial charge in [-0.3, -0.25) is 9.59 Å². The molecule has 2 amide bonds. The lowest BCUT2D eigenvalue weighted by Gasteiger charge is -2.23. The summed E-state index contributed by atoms with van der Waals surface area (Å²) >= 11 is 0. The Morgan fingerprint density at radius 3 is 1.36 bits per heavy atom. The van der Waals surface area contributed by atoms with Crippen LogP contribution in [0, 0.1) is 22.7 Å². The highest BCUT2D eigenvalue weighted by atomic mass is 16.2. The van der Waals surface area contributed by atoms with E-state index in [9.17, 15) is 20.1 Å². The van der Waals surface area contributed by atoms with Gasteiger partial charge in [0.2, 0.25) is 0 Å². The Balaban J connectivity index is 1.79. The van der Waals surface area contributed by atoms with Gasteiger partial charge in [-0.25, -0.2) is 0 Å². The van der Waals surface area contributed by atoms with E-state index in [0.29, 0.717) is 11.1 Å². The Kier molecular flexibility index (Phi) is 5.35. The molecule has 0 aromatic heterocycles. The minimum absolute atomic E-state index is 0.0191. The van der Waals surface area contributed by atoms with Crippen LogP contribution in [-0.2, 0) is 0 Å². The average molecular weight is 370 g/mol. The van der Waals surface area contributed by atoms with Gasteiger partial charge < -0.3 is 21.3 Å². The minimum atomic E-state index is -0.452. The molecule has 8 nitrogen and oxygen atoms in total. The second-order valence-electron chi connectivity index (χ2n) is 5.61. The molecule has 4 N–H and O–H groups in total. The first-order valence-electron chi connectivity index (χ1n) is 8.18. The van der Waals surface area contributed by atoms with Crippen LogP contribution in [0.25, 0.3) is 0 Å². The van der Waals surface area contributed by atoms with Crippen molar-refractivity contribution in [2.24, 2.45) is 0 Å². The number of benzene rings is 2. The van der Waals surface area contributed by atoms with Crippen LogP contribution in [0.5, 0.6) is 0 Å². The highest BCUT2D eigenvalue weighted by molar-refractivity contribution is 5.96. The molecule has 136 valence electrons. The molecular weight excluding hydrogens is 356 g/mol. The normalized spacial score (nSPS) is 12.8. The highest BCUT2D eigenvalue weighted by Gasteiger charge is 2.23. The van der Waals surface area contributed by atoms with Crippen molar-refractivity contribution in [3.63, 3.8) is 0 Å². The van der Waals surface area contributed by atoms with Crippen molar-refractivity contribution in [2.75, 3.05) is 0 Å². The Morgan fingerprint density at radius 2 is 1.04 bits per heavy atom. The van der Waals surface area contributed by atoms with Gasteiger partial charge in [0.25, 0.3) is 11.8 Å². The van der Waals surface area contributed by atoms with Crippen molar-refractivity contribution in [3.8, 4) is 12.1 Å². The third-order valence-electron chi connectivity index (χ3n) is 3.77. The van der Waals surface area contributed by atoms with E-state index in [2.05, 4.69) is 21.3 Å². The van der Waals surface area contributed by atoms with E-state index in [1.807, 2.05) is 12.1 Å². The molecule has 1 heterocycles. The summed E-state index contributed by atoms with van der Waals surface area (Å²) in [7, 11) is 0. The van der Waals surface area contributed by atoms with Gasteiger partial charge in [-0.05, 0) is 24.3 Å². The number of nitrogens with one attached hydrogen (secondary N) is 4. The second-order valence-corrected chi connectivity index (χ2v) is 5.61. The average Bonchev–Trinajstić information content (AvgIpc) is 2.75. The van der Waals surface area contributed by atoms with Crippen LogP contribution in [0.2, 0.25) is 0 Å². The Bertz CT molecular complexity index is 972. The first-order valence-corrected chi connectivity index (χ1v) is 8.18. The van der Waals surface area contributed by atoms with E-state index >= 15 is 0 Å². The summed E-state index contributed by atoms with van der Waals surface area (Å²) in [5, 5.41) is 29.2. The topological polar surface area (TPSA) is 130 Å². The van der Waals surface area contributed by atoms with Crippen molar-refractivity contribution in [2.45, 2.75) is 0 Å². The summed E-state index contributed by atoms with van der Waals surface area (Å²) in [6.07, 6.45) is 0. The molecule has 1 aliphatic heterocycles. The molecule has 0 radical (unpaired) electrons. The van der Waals surface area contributed by atoms with Gasteiger partial charge in [0.1, 0.15) is 23.8 Å². The number of amides is 2. The van der Waals surface area contributed by atoms with Gasteiger partial charge in [0, 0.05) is 11.1 Å². The summed E-state index contributed by atoms with van der Waals surface area (Å²) in [6.45, 7) is 0. The third kappa shape index (κ3) is 3.98. The van der Waals surface area contributed by atoms with E-state index < -0.39 is 11.8 Å². The van der Waals surface area contributed by atoms with Gasteiger partial charge in [0.05, 0.1) is 0 Å². The molecule has 1 aliphatic rings. The SMILES string of the molecule is N#CC1=C(NC(=O)c2ccccc2)NC(C#N)=C(NC(=O)c2ccccc2)N1. The van der Waals surface area contributed by atoms with Crippen LogP contribution in [0.3, 0.4) is 0 Å². The second kappa shape index (κ2) is 8.21. The summed E-state index contributed by atoms with van der Waals surface area (Å²) in [4.78, 5) is 24.6. The first kappa shape index (κ1) is 18.2. The maximum absolute atomic E-state index is 12.3. The lowest BCUT2D eigenvalue weighted by molar-refractivity contribution is 0.0951. The van der Waals surface area contributed by atoms with E-state index in [0.717, 1.165) is 0 Å². The standard InChI is InChI=1S/C20H14N6O2/c21-11-15-17(25-19(27)13-7-3-1-4-8-13)23-16(12-22)18(24-15)26-20(28)14-9-5-2-6-10-14/h1-10,23-24H,(H,25,27)(H,26,28). The van der Waals surface area contributed by atoms with E-state index in [4.69, 9.17) is 0 Å². The fourth-order valence-corrected chi connectivity index (χ4v) is 2.41. The van der Waals surface area contributed by atoms with Crippen LogP contribution < -0.4 is 21.3 Å². The Labute approximate surface area is 160 Å². The maximum atomic E-state index is 12.3. The molecule has 3 rings (SSSR count). The number of hydrogen-bond donors (Lipinski definition) is 4. The van der Waals surface area contributed by atoms with Crippen LogP contribution in [-0.4, -0.2) is 11.8 Å².